The summed E-state index contributed by atoms with van der Waals surface area (Å²) >= 11 is 9.33. The maximum atomic E-state index is 11.9. The molecular formula is C16H11BrClNO3. The number of carboxylic acids is 1. The number of carbonyl (C=O) groups is 2. The molecule has 22 heavy (non-hydrogen) atoms. The van der Waals surface area contributed by atoms with Crippen molar-refractivity contribution in [1.82, 2.24) is 0 Å². The van der Waals surface area contributed by atoms with Crippen molar-refractivity contribution in [3.8, 4) is 0 Å². The number of hydrogen-bond acceptors (Lipinski definition) is 2. The number of rotatable bonds is 4. The topological polar surface area (TPSA) is 66.4 Å². The first-order valence-corrected chi connectivity index (χ1v) is 7.41. The van der Waals surface area contributed by atoms with E-state index < -0.39 is 11.9 Å². The van der Waals surface area contributed by atoms with E-state index in [1.165, 1.54) is 24.3 Å². The molecule has 2 N–H and O–H groups in total. The van der Waals surface area contributed by atoms with Crippen LogP contribution in [-0.4, -0.2) is 17.0 Å². The molecule has 112 valence electrons. The monoisotopic (exact) mass is 379 g/mol. The van der Waals surface area contributed by atoms with E-state index in [1.54, 1.807) is 6.08 Å². The molecule has 0 aliphatic heterocycles. The summed E-state index contributed by atoms with van der Waals surface area (Å²) in [6, 6.07) is 11.6. The Bertz CT molecular complexity index is 759. The summed E-state index contributed by atoms with van der Waals surface area (Å²) in [7, 11) is 0. The summed E-state index contributed by atoms with van der Waals surface area (Å²) in [4.78, 5) is 22.8. The van der Waals surface area contributed by atoms with Gasteiger partial charge in [-0.25, -0.2) is 4.79 Å². The van der Waals surface area contributed by atoms with Gasteiger partial charge in [0.1, 0.15) is 0 Å². The number of halogens is 2. The van der Waals surface area contributed by atoms with E-state index in [0.29, 0.717) is 0 Å². The lowest BCUT2D eigenvalue weighted by molar-refractivity contribution is -0.111. The summed E-state index contributed by atoms with van der Waals surface area (Å²) < 4.78 is 0.866. The predicted molar refractivity (Wildman–Crippen MR) is 90.2 cm³/mol. The Morgan fingerprint density at radius 1 is 1.18 bits per heavy atom. The fourth-order valence-corrected chi connectivity index (χ4v) is 2.29. The number of carbonyl (C=O) groups excluding carboxylic acids is 1. The van der Waals surface area contributed by atoms with Crippen molar-refractivity contribution in [2.75, 3.05) is 5.32 Å². The quantitative estimate of drug-likeness (QED) is 0.770. The molecule has 0 radical (unpaired) electrons. The average molecular weight is 381 g/mol. The van der Waals surface area contributed by atoms with Crippen molar-refractivity contribution < 1.29 is 14.7 Å². The molecule has 0 aliphatic carbocycles. The van der Waals surface area contributed by atoms with Gasteiger partial charge < -0.3 is 10.4 Å². The zero-order valence-corrected chi connectivity index (χ0v) is 13.6. The van der Waals surface area contributed by atoms with Gasteiger partial charge in [-0.2, -0.15) is 0 Å². The third-order valence-corrected chi connectivity index (χ3v) is 3.84. The van der Waals surface area contributed by atoms with Crippen LogP contribution in [0, 0.1) is 0 Å². The fourth-order valence-electron chi connectivity index (χ4n) is 1.70. The highest BCUT2D eigenvalue weighted by Crippen LogP contribution is 2.23. The molecule has 0 aliphatic rings. The van der Waals surface area contributed by atoms with E-state index in [-0.39, 0.29) is 16.3 Å². The number of amides is 1. The third kappa shape index (κ3) is 4.19. The lowest BCUT2D eigenvalue weighted by Crippen LogP contribution is -2.09. The highest BCUT2D eigenvalue weighted by Gasteiger charge is 2.08. The zero-order chi connectivity index (χ0) is 16.1. The van der Waals surface area contributed by atoms with Crippen molar-refractivity contribution in [3.05, 3.63) is 69.2 Å². The fraction of sp³-hybridized carbons (Fsp3) is 0. The standard InChI is InChI=1S/C16H11BrClNO3/c17-12-4-2-1-3-10(12)6-8-15(20)19-14-9-11(16(21)22)5-7-13(14)18/h1-9H,(H,19,20)(H,21,22)/b8-6+. The largest absolute Gasteiger partial charge is 0.478 e. The maximum Gasteiger partial charge on any atom is 0.335 e. The molecule has 0 atom stereocenters. The second-order valence-corrected chi connectivity index (χ2v) is 5.61. The van der Waals surface area contributed by atoms with E-state index >= 15 is 0 Å². The maximum absolute atomic E-state index is 11.9. The van der Waals surface area contributed by atoms with Crippen LogP contribution < -0.4 is 5.32 Å². The minimum Gasteiger partial charge on any atom is -0.478 e. The van der Waals surface area contributed by atoms with Crippen LogP contribution >= 0.6 is 27.5 Å². The molecule has 0 spiro atoms. The molecule has 0 unspecified atom stereocenters. The van der Waals surface area contributed by atoms with E-state index in [4.69, 9.17) is 16.7 Å². The van der Waals surface area contributed by atoms with Crippen molar-refractivity contribution in [2.24, 2.45) is 0 Å². The van der Waals surface area contributed by atoms with Gasteiger partial charge in [0.2, 0.25) is 5.91 Å². The van der Waals surface area contributed by atoms with Crippen LogP contribution in [0.3, 0.4) is 0 Å². The Labute approximate surface area is 140 Å². The highest BCUT2D eigenvalue weighted by atomic mass is 79.9. The second kappa shape index (κ2) is 7.24. The number of aromatic carboxylic acids is 1. The molecule has 6 heteroatoms. The Hall–Kier alpha value is -2.11. The number of anilines is 1. The molecule has 0 saturated carbocycles. The van der Waals surface area contributed by atoms with Gasteiger partial charge in [-0.05, 0) is 35.9 Å². The molecule has 2 aromatic rings. The third-order valence-electron chi connectivity index (χ3n) is 2.79. The minimum atomic E-state index is -1.09. The Balaban J connectivity index is 2.14. The van der Waals surface area contributed by atoms with Crippen molar-refractivity contribution >= 4 is 51.2 Å². The van der Waals surface area contributed by atoms with Crippen LogP contribution in [0.25, 0.3) is 6.08 Å². The molecule has 0 heterocycles. The lowest BCUT2D eigenvalue weighted by Gasteiger charge is -2.06. The molecule has 0 aromatic heterocycles. The molecule has 4 nitrogen and oxygen atoms in total. The first-order valence-electron chi connectivity index (χ1n) is 6.24. The van der Waals surface area contributed by atoms with Gasteiger partial charge in [-0.15, -0.1) is 0 Å². The molecule has 2 rings (SSSR count). The van der Waals surface area contributed by atoms with Crippen molar-refractivity contribution in [3.63, 3.8) is 0 Å². The SMILES string of the molecule is O=C(/C=C/c1ccccc1Br)Nc1cc(C(=O)O)ccc1Cl. The van der Waals surface area contributed by atoms with Gasteiger partial charge in [-0.1, -0.05) is 45.7 Å². The van der Waals surface area contributed by atoms with Crippen molar-refractivity contribution in [1.29, 1.82) is 0 Å². The van der Waals surface area contributed by atoms with Gasteiger partial charge in [-0.3, -0.25) is 4.79 Å². The Kier molecular flexibility index (Phi) is 5.35. The van der Waals surface area contributed by atoms with E-state index in [2.05, 4.69) is 21.2 Å². The molecular weight excluding hydrogens is 370 g/mol. The number of hydrogen-bond donors (Lipinski definition) is 2. The van der Waals surface area contributed by atoms with Gasteiger partial charge in [0.25, 0.3) is 0 Å². The van der Waals surface area contributed by atoms with E-state index in [9.17, 15) is 9.59 Å². The van der Waals surface area contributed by atoms with Crippen LogP contribution in [0.4, 0.5) is 5.69 Å². The van der Waals surface area contributed by atoms with Crippen LogP contribution in [0.5, 0.6) is 0 Å². The lowest BCUT2D eigenvalue weighted by atomic mass is 10.2. The first-order chi connectivity index (χ1) is 10.5. The van der Waals surface area contributed by atoms with Gasteiger partial charge >= 0.3 is 5.97 Å². The van der Waals surface area contributed by atoms with Crippen LogP contribution in [0.1, 0.15) is 15.9 Å². The summed E-state index contributed by atoms with van der Waals surface area (Å²) in [5.74, 6) is -1.49. The predicted octanol–water partition coefficient (Wildman–Crippen LogP) is 4.45. The summed E-state index contributed by atoms with van der Waals surface area (Å²) in [5, 5.41) is 11.8. The van der Waals surface area contributed by atoms with Gasteiger partial charge in [0, 0.05) is 10.5 Å². The van der Waals surface area contributed by atoms with E-state index in [1.807, 2.05) is 24.3 Å². The molecule has 0 bridgehead atoms. The molecule has 2 aromatic carbocycles. The van der Waals surface area contributed by atoms with Crippen molar-refractivity contribution in [2.45, 2.75) is 0 Å². The number of benzene rings is 2. The summed E-state index contributed by atoms with van der Waals surface area (Å²) in [5.41, 5.74) is 1.15. The van der Waals surface area contributed by atoms with Gasteiger partial charge in [0.05, 0.1) is 16.3 Å². The van der Waals surface area contributed by atoms with Crippen LogP contribution in [-0.2, 0) is 4.79 Å². The average Bonchev–Trinajstić information content (AvgIpc) is 2.48. The number of nitrogens with one attached hydrogen (secondary N) is 1. The second-order valence-electron chi connectivity index (χ2n) is 4.34. The molecule has 1 amide bonds. The molecule has 0 fully saturated rings. The first kappa shape index (κ1) is 16.3. The normalized spacial score (nSPS) is 10.6. The Morgan fingerprint density at radius 2 is 1.91 bits per heavy atom. The summed E-state index contributed by atoms with van der Waals surface area (Å²) in [6.45, 7) is 0. The smallest absolute Gasteiger partial charge is 0.335 e. The highest BCUT2D eigenvalue weighted by molar-refractivity contribution is 9.10. The van der Waals surface area contributed by atoms with Crippen LogP contribution in [0.15, 0.2) is 53.0 Å². The zero-order valence-electron chi connectivity index (χ0n) is 11.2. The van der Waals surface area contributed by atoms with E-state index in [0.717, 1.165) is 10.0 Å². The van der Waals surface area contributed by atoms with Crippen LogP contribution in [0.2, 0.25) is 5.02 Å². The molecule has 0 saturated heterocycles. The number of carboxylic acid groups (broad SMARTS) is 1. The Morgan fingerprint density at radius 3 is 2.59 bits per heavy atom. The van der Waals surface area contributed by atoms with Gasteiger partial charge in [0.15, 0.2) is 0 Å². The minimum absolute atomic E-state index is 0.0504. The summed E-state index contributed by atoms with van der Waals surface area (Å²) in [6.07, 6.45) is 3.00.